The van der Waals surface area contributed by atoms with Crippen molar-refractivity contribution in [3.8, 4) is 6.07 Å². The molecule has 1 saturated carbocycles. The third-order valence-electron chi connectivity index (χ3n) is 3.43. The summed E-state index contributed by atoms with van der Waals surface area (Å²) in [6, 6.07) is 8.09. The number of anilines is 1. The second kappa shape index (κ2) is 4.58. The van der Waals surface area contributed by atoms with Gasteiger partial charge in [-0.25, -0.2) is 0 Å². The Bertz CT molecular complexity index is 460. The van der Waals surface area contributed by atoms with Gasteiger partial charge < -0.3 is 5.32 Å². The van der Waals surface area contributed by atoms with E-state index in [0.717, 1.165) is 12.1 Å². The summed E-state index contributed by atoms with van der Waals surface area (Å²) in [6.07, 6.45) is 3.56. The van der Waals surface area contributed by atoms with Crippen LogP contribution in [-0.2, 0) is 0 Å². The van der Waals surface area contributed by atoms with E-state index in [1.807, 2.05) is 12.1 Å². The average Bonchev–Trinajstić information content (AvgIpc) is 2.61. The van der Waals surface area contributed by atoms with Gasteiger partial charge in [-0.15, -0.1) is 0 Å². The maximum Gasteiger partial charge on any atom is 0.101 e. The van der Waals surface area contributed by atoms with Crippen molar-refractivity contribution < 1.29 is 0 Å². The molecule has 1 unspecified atom stereocenters. The fourth-order valence-electron chi connectivity index (χ4n) is 2.51. The van der Waals surface area contributed by atoms with Gasteiger partial charge in [0.1, 0.15) is 6.07 Å². The lowest BCUT2D eigenvalue weighted by atomic mass is 9.92. The van der Waals surface area contributed by atoms with Crippen molar-refractivity contribution in [3.63, 3.8) is 0 Å². The number of rotatable bonds is 2. The predicted molar refractivity (Wildman–Crippen MR) is 71.2 cm³/mol. The Morgan fingerprint density at radius 2 is 2.24 bits per heavy atom. The van der Waals surface area contributed by atoms with E-state index in [-0.39, 0.29) is 0 Å². The first-order valence-electron chi connectivity index (χ1n) is 5.96. The number of hydrogen-bond acceptors (Lipinski definition) is 2. The number of nitrogens with zero attached hydrogens (tertiary/aromatic N) is 1. The minimum absolute atomic E-state index is 0.414. The minimum atomic E-state index is 0.414. The van der Waals surface area contributed by atoms with Gasteiger partial charge in [-0.3, -0.25) is 0 Å². The van der Waals surface area contributed by atoms with Crippen LogP contribution < -0.4 is 5.32 Å². The second-order valence-corrected chi connectivity index (χ2v) is 5.99. The molecule has 0 saturated heterocycles. The van der Waals surface area contributed by atoms with Crippen LogP contribution in [-0.4, -0.2) is 6.04 Å². The van der Waals surface area contributed by atoms with E-state index in [1.54, 1.807) is 6.07 Å². The van der Waals surface area contributed by atoms with Crippen LogP contribution >= 0.6 is 11.6 Å². The monoisotopic (exact) mass is 248 g/mol. The molecular weight excluding hydrogens is 232 g/mol. The molecule has 0 bridgehead atoms. The highest BCUT2D eigenvalue weighted by Gasteiger charge is 2.30. The highest BCUT2D eigenvalue weighted by atomic mass is 35.5. The Balaban J connectivity index is 2.12. The summed E-state index contributed by atoms with van der Waals surface area (Å²) >= 11 is 5.88. The highest BCUT2D eigenvalue weighted by Crippen LogP contribution is 2.38. The van der Waals surface area contributed by atoms with Crippen molar-refractivity contribution >= 4 is 17.3 Å². The first-order chi connectivity index (χ1) is 8.00. The predicted octanol–water partition coefficient (Wildman–Crippen LogP) is 4.20. The fraction of sp³-hybridized carbons (Fsp3) is 0.500. The van der Waals surface area contributed by atoms with E-state index in [4.69, 9.17) is 16.9 Å². The molecule has 2 nitrogen and oxygen atoms in total. The van der Waals surface area contributed by atoms with E-state index in [0.29, 0.717) is 22.0 Å². The topological polar surface area (TPSA) is 35.8 Å². The standard InChI is InChI=1S/C14H17ClN2/c1-14(2)6-5-12(8-14)17-13-4-3-11(15)7-10(13)9-16/h3-4,7,12,17H,5-6,8H2,1-2H3. The Kier molecular flexibility index (Phi) is 3.31. The summed E-state index contributed by atoms with van der Waals surface area (Å²) in [5.74, 6) is 0. The molecule has 1 fully saturated rings. The molecule has 0 amide bonds. The largest absolute Gasteiger partial charge is 0.381 e. The summed E-state index contributed by atoms with van der Waals surface area (Å²) in [5.41, 5.74) is 1.94. The summed E-state index contributed by atoms with van der Waals surface area (Å²) in [5, 5.41) is 13.1. The lowest BCUT2D eigenvalue weighted by Gasteiger charge is -2.19. The molecule has 0 aliphatic heterocycles. The molecule has 1 aliphatic carbocycles. The SMILES string of the molecule is CC1(C)CCC(Nc2ccc(Cl)cc2C#N)C1. The number of halogens is 1. The fourth-order valence-corrected chi connectivity index (χ4v) is 2.69. The van der Waals surface area contributed by atoms with Crippen molar-refractivity contribution in [2.75, 3.05) is 5.32 Å². The number of benzene rings is 1. The lowest BCUT2D eigenvalue weighted by molar-refractivity contribution is 0.378. The van der Waals surface area contributed by atoms with Gasteiger partial charge in [0.05, 0.1) is 11.3 Å². The van der Waals surface area contributed by atoms with Gasteiger partial charge in [-0.2, -0.15) is 5.26 Å². The molecule has 17 heavy (non-hydrogen) atoms. The molecule has 1 aliphatic rings. The molecule has 2 rings (SSSR count). The van der Waals surface area contributed by atoms with Gasteiger partial charge in [-0.05, 0) is 42.9 Å². The summed E-state index contributed by atoms with van der Waals surface area (Å²) in [6.45, 7) is 4.59. The van der Waals surface area contributed by atoms with E-state index in [2.05, 4.69) is 25.2 Å². The van der Waals surface area contributed by atoms with Crippen molar-refractivity contribution in [3.05, 3.63) is 28.8 Å². The molecule has 3 heteroatoms. The zero-order chi connectivity index (χ0) is 12.5. The van der Waals surface area contributed by atoms with E-state index in [9.17, 15) is 0 Å². The zero-order valence-corrected chi connectivity index (χ0v) is 11.0. The van der Waals surface area contributed by atoms with E-state index in [1.165, 1.54) is 12.8 Å². The van der Waals surface area contributed by atoms with Crippen molar-refractivity contribution in [2.45, 2.75) is 39.2 Å². The van der Waals surface area contributed by atoms with E-state index < -0.39 is 0 Å². The van der Waals surface area contributed by atoms with Gasteiger partial charge in [-0.1, -0.05) is 25.4 Å². The third kappa shape index (κ3) is 2.92. The normalized spacial score (nSPS) is 22.1. The maximum absolute atomic E-state index is 9.07. The first kappa shape index (κ1) is 12.3. The third-order valence-corrected chi connectivity index (χ3v) is 3.67. The minimum Gasteiger partial charge on any atom is -0.381 e. The summed E-state index contributed by atoms with van der Waals surface area (Å²) < 4.78 is 0. The summed E-state index contributed by atoms with van der Waals surface area (Å²) in [4.78, 5) is 0. The molecule has 1 aromatic rings. The Hall–Kier alpha value is -1.20. The van der Waals surface area contributed by atoms with Gasteiger partial charge in [0, 0.05) is 11.1 Å². The van der Waals surface area contributed by atoms with Gasteiger partial charge in [0.15, 0.2) is 0 Å². The van der Waals surface area contributed by atoms with Gasteiger partial charge in [0.2, 0.25) is 0 Å². The smallest absolute Gasteiger partial charge is 0.101 e. The highest BCUT2D eigenvalue weighted by molar-refractivity contribution is 6.30. The molecule has 1 atom stereocenters. The molecule has 1 N–H and O–H groups in total. The Labute approximate surface area is 108 Å². The summed E-state index contributed by atoms with van der Waals surface area (Å²) in [7, 11) is 0. The molecule has 0 radical (unpaired) electrons. The number of hydrogen-bond donors (Lipinski definition) is 1. The van der Waals surface area contributed by atoms with Crippen molar-refractivity contribution in [2.24, 2.45) is 5.41 Å². The van der Waals surface area contributed by atoms with Crippen molar-refractivity contribution in [1.29, 1.82) is 5.26 Å². The van der Waals surface area contributed by atoms with E-state index >= 15 is 0 Å². The van der Waals surface area contributed by atoms with Crippen LogP contribution in [0.25, 0.3) is 0 Å². The molecule has 0 spiro atoms. The lowest BCUT2D eigenvalue weighted by Crippen LogP contribution is -2.18. The number of nitrogens with one attached hydrogen (secondary N) is 1. The number of nitriles is 1. The van der Waals surface area contributed by atoms with Gasteiger partial charge >= 0.3 is 0 Å². The second-order valence-electron chi connectivity index (χ2n) is 5.55. The van der Waals surface area contributed by atoms with Crippen LogP contribution in [0.4, 0.5) is 5.69 Å². The van der Waals surface area contributed by atoms with Crippen LogP contribution in [0.5, 0.6) is 0 Å². The van der Waals surface area contributed by atoms with Crippen LogP contribution in [0.2, 0.25) is 5.02 Å². The molecular formula is C14H17ClN2. The molecule has 0 aromatic heterocycles. The first-order valence-corrected chi connectivity index (χ1v) is 6.34. The van der Waals surface area contributed by atoms with Crippen LogP contribution in [0, 0.1) is 16.7 Å². The molecule has 0 heterocycles. The average molecular weight is 249 g/mol. The molecule has 90 valence electrons. The van der Waals surface area contributed by atoms with Crippen molar-refractivity contribution in [1.82, 2.24) is 0 Å². The van der Waals surface area contributed by atoms with Gasteiger partial charge in [0.25, 0.3) is 0 Å². The maximum atomic E-state index is 9.07. The van der Waals surface area contributed by atoms with Crippen LogP contribution in [0.3, 0.4) is 0 Å². The van der Waals surface area contributed by atoms with Crippen LogP contribution in [0.1, 0.15) is 38.7 Å². The molecule has 1 aromatic carbocycles. The quantitative estimate of drug-likeness (QED) is 0.851. The Morgan fingerprint density at radius 3 is 2.82 bits per heavy atom. The zero-order valence-electron chi connectivity index (χ0n) is 10.3. The van der Waals surface area contributed by atoms with Crippen LogP contribution in [0.15, 0.2) is 18.2 Å². The Morgan fingerprint density at radius 1 is 1.47 bits per heavy atom.